The fraction of sp³-hybridized carbons (Fsp3) is 0.833. The minimum atomic E-state index is -1.26. The van der Waals surface area contributed by atoms with E-state index in [2.05, 4.69) is 10.0 Å². The molecule has 1 aliphatic carbocycles. The Labute approximate surface area is 73.4 Å². The SMILES string of the molecule is [N-]=[N+]=NC1CC(F)C(NC(=O)O)C1. The van der Waals surface area contributed by atoms with E-state index in [-0.39, 0.29) is 12.8 Å². The average Bonchev–Trinajstić information content (AvgIpc) is 2.31. The van der Waals surface area contributed by atoms with Gasteiger partial charge in [0.1, 0.15) is 6.17 Å². The molecule has 6 nitrogen and oxygen atoms in total. The Morgan fingerprint density at radius 3 is 2.92 bits per heavy atom. The van der Waals surface area contributed by atoms with Crippen molar-refractivity contribution in [2.24, 2.45) is 5.11 Å². The molecule has 0 aromatic carbocycles. The van der Waals surface area contributed by atoms with Crippen LogP contribution in [0, 0.1) is 0 Å². The van der Waals surface area contributed by atoms with Crippen LogP contribution in [0.1, 0.15) is 12.8 Å². The van der Waals surface area contributed by atoms with Gasteiger partial charge in [-0.05, 0) is 18.4 Å². The van der Waals surface area contributed by atoms with Crippen LogP contribution in [-0.2, 0) is 0 Å². The molecule has 1 rings (SSSR count). The fourth-order valence-corrected chi connectivity index (χ4v) is 1.44. The summed E-state index contributed by atoms with van der Waals surface area (Å²) in [6.07, 6.45) is -2.19. The van der Waals surface area contributed by atoms with Crippen molar-refractivity contribution >= 4 is 6.09 Å². The lowest BCUT2D eigenvalue weighted by atomic mass is 10.2. The van der Waals surface area contributed by atoms with E-state index in [9.17, 15) is 9.18 Å². The lowest BCUT2D eigenvalue weighted by Gasteiger charge is -2.11. The molecule has 7 heteroatoms. The van der Waals surface area contributed by atoms with E-state index in [0.29, 0.717) is 0 Å². The summed E-state index contributed by atoms with van der Waals surface area (Å²) in [5.41, 5.74) is 8.08. The molecule has 72 valence electrons. The molecule has 0 aliphatic heterocycles. The second-order valence-electron chi connectivity index (χ2n) is 2.90. The minimum absolute atomic E-state index is 0.0923. The highest BCUT2D eigenvalue weighted by Gasteiger charge is 2.34. The maximum Gasteiger partial charge on any atom is 0.404 e. The number of nitrogens with zero attached hydrogens (tertiary/aromatic N) is 3. The van der Waals surface area contributed by atoms with E-state index in [1.165, 1.54) is 0 Å². The Hall–Kier alpha value is -1.49. The Bertz CT molecular complexity index is 253. The van der Waals surface area contributed by atoms with Gasteiger partial charge < -0.3 is 10.4 Å². The molecule has 1 saturated carbocycles. The quantitative estimate of drug-likeness (QED) is 0.389. The molecule has 2 N–H and O–H groups in total. The first-order chi connectivity index (χ1) is 6.13. The summed E-state index contributed by atoms with van der Waals surface area (Å²) < 4.78 is 13.0. The summed E-state index contributed by atoms with van der Waals surface area (Å²) in [5.74, 6) is 0. The van der Waals surface area contributed by atoms with Crippen molar-refractivity contribution in [3.05, 3.63) is 10.4 Å². The molecular formula is C6H9FN4O2. The van der Waals surface area contributed by atoms with Gasteiger partial charge in [0.05, 0.1) is 6.04 Å². The van der Waals surface area contributed by atoms with Gasteiger partial charge in [0.2, 0.25) is 0 Å². The summed E-state index contributed by atoms with van der Waals surface area (Å²) in [5, 5.41) is 13.7. The molecule has 3 unspecified atom stereocenters. The summed E-state index contributed by atoms with van der Waals surface area (Å²) in [7, 11) is 0. The van der Waals surface area contributed by atoms with Gasteiger partial charge in [-0.25, -0.2) is 9.18 Å². The number of halogens is 1. The van der Waals surface area contributed by atoms with Crippen LogP contribution >= 0.6 is 0 Å². The highest BCUT2D eigenvalue weighted by atomic mass is 19.1. The van der Waals surface area contributed by atoms with Crippen molar-refractivity contribution in [1.29, 1.82) is 0 Å². The average molecular weight is 188 g/mol. The van der Waals surface area contributed by atoms with Gasteiger partial charge in [-0.2, -0.15) is 0 Å². The molecule has 0 heterocycles. The highest BCUT2D eigenvalue weighted by molar-refractivity contribution is 5.65. The molecule has 1 aliphatic rings. The number of hydrogen-bond acceptors (Lipinski definition) is 2. The summed E-state index contributed by atoms with van der Waals surface area (Å²) in [6.45, 7) is 0. The third kappa shape index (κ3) is 2.48. The van der Waals surface area contributed by atoms with Gasteiger partial charge in [-0.1, -0.05) is 5.11 Å². The third-order valence-electron chi connectivity index (χ3n) is 1.98. The molecule has 13 heavy (non-hydrogen) atoms. The molecule has 0 radical (unpaired) electrons. The van der Waals surface area contributed by atoms with E-state index in [0.717, 1.165) is 0 Å². The Kier molecular flexibility index (Phi) is 2.92. The van der Waals surface area contributed by atoms with Crippen LogP contribution in [0.5, 0.6) is 0 Å². The van der Waals surface area contributed by atoms with Gasteiger partial charge in [0, 0.05) is 11.0 Å². The number of amides is 1. The molecule has 0 saturated heterocycles. The molecule has 0 spiro atoms. The zero-order valence-corrected chi connectivity index (χ0v) is 6.72. The van der Waals surface area contributed by atoms with Crippen LogP contribution in [0.25, 0.3) is 10.4 Å². The van der Waals surface area contributed by atoms with Gasteiger partial charge in [0.25, 0.3) is 0 Å². The van der Waals surface area contributed by atoms with Gasteiger partial charge >= 0.3 is 6.09 Å². The van der Waals surface area contributed by atoms with Crippen LogP contribution in [0.2, 0.25) is 0 Å². The largest absolute Gasteiger partial charge is 0.465 e. The second kappa shape index (κ2) is 3.95. The molecule has 0 aromatic rings. The maximum atomic E-state index is 13.0. The van der Waals surface area contributed by atoms with E-state index >= 15 is 0 Å². The number of hydrogen-bond donors (Lipinski definition) is 2. The predicted octanol–water partition coefficient (Wildman–Crippen LogP) is 1.43. The topological polar surface area (TPSA) is 98.1 Å². The predicted molar refractivity (Wildman–Crippen MR) is 42.0 cm³/mol. The number of nitrogens with one attached hydrogen (secondary N) is 1. The fourth-order valence-electron chi connectivity index (χ4n) is 1.44. The number of carboxylic acid groups (broad SMARTS) is 1. The maximum absolute atomic E-state index is 13.0. The van der Waals surface area contributed by atoms with E-state index in [1.807, 2.05) is 5.32 Å². The van der Waals surface area contributed by atoms with Crippen LogP contribution < -0.4 is 5.32 Å². The number of alkyl halides is 1. The van der Waals surface area contributed by atoms with E-state index < -0.39 is 24.3 Å². The minimum Gasteiger partial charge on any atom is -0.465 e. The normalized spacial score (nSPS) is 32.2. The van der Waals surface area contributed by atoms with Crippen LogP contribution in [-0.4, -0.2) is 29.5 Å². The Balaban J connectivity index is 2.50. The van der Waals surface area contributed by atoms with Crippen LogP contribution in [0.15, 0.2) is 5.11 Å². The number of carbonyl (C=O) groups is 1. The summed E-state index contributed by atoms with van der Waals surface area (Å²) in [6, 6.07) is -1.18. The van der Waals surface area contributed by atoms with Crippen molar-refractivity contribution in [3.63, 3.8) is 0 Å². The van der Waals surface area contributed by atoms with Crippen molar-refractivity contribution < 1.29 is 14.3 Å². The summed E-state index contributed by atoms with van der Waals surface area (Å²) >= 11 is 0. The van der Waals surface area contributed by atoms with Crippen LogP contribution in [0.4, 0.5) is 9.18 Å². The monoisotopic (exact) mass is 188 g/mol. The van der Waals surface area contributed by atoms with Crippen LogP contribution in [0.3, 0.4) is 0 Å². The third-order valence-corrected chi connectivity index (χ3v) is 1.98. The first-order valence-corrected chi connectivity index (χ1v) is 3.81. The first kappa shape index (κ1) is 9.60. The zero-order valence-electron chi connectivity index (χ0n) is 6.72. The van der Waals surface area contributed by atoms with Crippen molar-refractivity contribution in [2.45, 2.75) is 31.1 Å². The van der Waals surface area contributed by atoms with Crippen molar-refractivity contribution in [2.75, 3.05) is 0 Å². The Morgan fingerprint density at radius 2 is 2.38 bits per heavy atom. The molecule has 0 bridgehead atoms. The van der Waals surface area contributed by atoms with Crippen molar-refractivity contribution in [3.8, 4) is 0 Å². The zero-order chi connectivity index (χ0) is 9.84. The number of azide groups is 1. The standard InChI is InChI=1S/C6H9FN4O2/c7-4-1-3(10-11-8)2-5(4)9-6(12)13/h3-5,9H,1-2H2,(H,12,13). The van der Waals surface area contributed by atoms with E-state index in [1.54, 1.807) is 0 Å². The smallest absolute Gasteiger partial charge is 0.404 e. The molecule has 3 atom stereocenters. The number of rotatable bonds is 2. The molecular weight excluding hydrogens is 179 g/mol. The lowest BCUT2D eigenvalue weighted by Crippen LogP contribution is -2.37. The van der Waals surface area contributed by atoms with Gasteiger partial charge in [-0.15, -0.1) is 0 Å². The molecule has 0 aromatic heterocycles. The van der Waals surface area contributed by atoms with Gasteiger partial charge in [0.15, 0.2) is 0 Å². The van der Waals surface area contributed by atoms with Crippen molar-refractivity contribution in [1.82, 2.24) is 5.32 Å². The highest BCUT2D eigenvalue weighted by Crippen LogP contribution is 2.25. The first-order valence-electron chi connectivity index (χ1n) is 3.81. The molecule has 1 fully saturated rings. The second-order valence-corrected chi connectivity index (χ2v) is 2.90. The van der Waals surface area contributed by atoms with Gasteiger partial charge in [-0.3, -0.25) is 0 Å². The lowest BCUT2D eigenvalue weighted by molar-refractivity contribution is 0.181. The van der Waals surface area contributed by atoms with E-state index in [4.69, 9.17) is 10.6 Å². The summed E-state index contributed by atoms with van der Waals surface area (Å²) in [4.78, 5) is 12.7. The Morgan fingerprint density at radius 1 is 1.69 bits per heavy atom. The molecule has 1 amide bonds.